The summed E-state index contributed by atoms with van der Waals surface area (Å²) in [4.78, 5) is 19.8. The number of nitrogens with two attached hydrogens (primary N) is 1. The van der Waals surface area contributed by atoms with Gasteiger partial charge in [0.05, 0.1) is 12.8 Å². The number of hydrogen-bond donors (Lipinski definition) is 2. The fourth-order valence-corrected chi connectivity index (χ4v) is 2.55. The minimum absolute atomic E-state index is 0. The van der Waals surface area contributed by atoms with Gasteiger partial charge >= 0.3 is 6.18 Å². The Bertz CT molecular complexity index is 520. The number of ether oxygens (including phenoxy) is 1. The molecule has 2 rings (SSSR count). The van der Waals surface area contributed by atoms with Crippen LogP contribution >= 0.6 is 24.8 Å². The van der Waals surface area contributed by atoms with E-state index < -0.39 is 17.9 Å². The SMILES string of the molecule is COCC(N)C(=O)N1CCC(c2ncc(C(F)(F)F)[nH]2)CC1.Cl.Cl. The lowest BCUT2D eigenvalue weighted by molar-refractivity contribution is -0.141. The number of hydrogen-bond acceptors (Lipinski definition) is 4. The lowest BCUT2D eigenvalue weighted by atomic mass is 9.96. The first kappa shape index (κ1) is 23.0. The van der Waals surface area contributed by atoms with Crippen molar-refractivity contribution in [3.8, 4) is 0 Å². The standard InChI is InChI=1S/C13H19F3N4O2.2ClH/c1-22-7-9(17)12(21)20-4-2-8(3-5-20)11-18-6-10(19-11)13(14,15)16;;/h6,8-9H,2-5,7,17H2,1H3,(H,18,19);2*1H. The Morgan fingerprint density at radius 3 is 2.50 bits per heavy atom. The number of carbonyl (C=O) groups is 1. The Morgan fingerprint density at radius 1 is 1.46 bits per heavy atom. The number of alkyl halides is 3. The third-order valence-corrected chi connectivity index (χ3v) is 3.76. The molecule has 6 nitrogen and oxygen atoms in total. The maximum atomic E-state index is 12.5. The number of halogens is 5. The molecule has 140 valence electrons. The summed E-state index contributed by atoms with van der Waals surface area (Å²) in [5.41, 5.74) is 4.85. The largest absolute Gasteiger partial charge is 0.432 e. The van der Waals surface area contributed by atoms with Gasteiger partial charge < -0.3 is 20.4 Å². The highest BCUT2D eigenvalue weighted by molar-refractivity contribution is 5.85. The van der Waals surface area contributed by atoms with Crippen molar-refractivity contribution in [2.45, 2.75) is 31.0 Å². The monoisotopic (exact) mass is 392 g/mol. The smallest absolute Gasteiger partial charge is 0.383 e. The van der Waals surface area contributed by atoms with E-state index in [1.165, 1.54) is 7.11 Å². The van der Waals surface area contributed by atoms with E-state index >= 15 is 0 Å². The van der Waals surface area contributed by atoms with Gasteiger partial charge in [-0.05, 0) is 12.8 Å². The van der Waals surface area contributed by atoms with Crippen molar-refractivity contribution in [2.24, 2.45) is 5.73 Å². The maximum absolute atomic E-state index is 12.5. The van der Waals surface area contributed by atoms with E-state index in [2.05, 4.69) is 9.97 Å². The quantitative estimate of drug-likeness (QED) is 0.819. The Hall–Kier alpha value is -1.03. The van der Waals surface area contributed by atoms with E-state index in [1.54, 1.807) is 4.90 Å². The number of methoxy groups -OCH3 is 1. The molecule has 1 amide bonds. The minimum atomic E-state index is -4.42. The molecule has 0 radical (unpaired) electrons. The van der Waals surface area contributed by atoms with Crippen molar-refractivity contribution >= 4 is 30.7 Å². The van der Waals surface area contributed by atoms with Gasteiger partial charge in [0.1, 0.15) is 17.6 Å². The van der Waals surface area contributed by atoms with Crippen LogP contribution in [0.4, 0.5) is 13.2 Å². The molecule has 1 unspecified atom stereocenters. The Kier molecular flexibility index (Phi) is 9.05. The second-order valence-electron chi connectivity index (χ2n) is 5.34. The van der Waals surface area contributed by atoms with Gasteiger partial charge in [0.2, 0.25) is 5.91 Å². The summed E-state index contributed by atoms with van der Waals surface area (Å²) in [7, 11) is 1.47. The molecule has 0 spiro atoms. The first-order valence-electron chi connectivity index (χ1n) is 6.98. The van der Waals surface area contributed by atoms with E-state index in [0.29, 0.717) is 31.8 Å². The van der Waals surface area contributed by atoms with Crippen molar-refractivity contribution in [3.63, 3.8) is 0 Å². The Labute approximate surface area is 150 Å². The summed E-state index contributed by atoms with van der Waals surface area (Å²) in [5.74, 6) is 0.00939. The van der Waals surface area contributed by atoms with Crippen LogP contribution in [-0.2, 0) is 15.7 Å². The number of nitrogens with one attached hydrogen (secondary N) is 1. The molecule has 11 heteroatoms. The molecule has 2 heterocycles. The van der Waals surface area contributed by atoms with Gasteiger partial charge in [-0.1, -0.05) is 0 Å². The average Bonchev–Trinajstić information content (AvgIpc) is 2.97. The fraction of sp³-hybridized carbons (Fsp3) is 0.692. The van der Waals surface area contributed by atoms with Crippen LogP contribution in [0.3, 0.4) is 0 Å². The zero-order valence-electron chi connectivity index (χ0n) is 13.0. The second kappa shape index (κ2) is 9.45. The van der Waals surface area contributed by atoms with E-state index in [9.17, 15) is 18.0 Å². The lowest BCUT2D eigenvalue weighted by Crippen LogP contribution is -2.48. The molecule has 1 atom stereocenters. The predicted molar refractivity (Wildman–Crippen MR) is 86.5 cm³/mol. The molecule has 1 aromatic heterocycles. The third-order valence-electron chi connectivity index (χ3n) is 3.76. The highest BCUT2D eigenvalue weighted by Gasteiger charge is 2.34. The average molecular weight is 393 g/mol. The number of rotatable bonds is 4. The number of H-pyrrole nitrogens is 1. The van der Waals surface area contributed by atoms with Crippen LogP contribution in [-0.4, -0.2) is 53.6 Å². The molecule has 0 saturated carbocycles. The summed E-state index contributed by atoms with van der Waals surface area (Å²) in [6.45, 7) is 1.04. The summed E-state index contributed by atoms with van der Waals surface area (Å²) < 4.78 is 42.5. The van der Waals surface area contributed by atoms with Crippen molar-refractivity contribution in [2.75, 3.05) is 26.8 Å². The van der Waals surface area contributed by atoms with Gasteiger partial charge in [0.25, 0.3) is 0 Å². The lowest BCUT2D eigenvalue weighted by Gasteiger charge is -2.32. The molecular weight excluding hydrogens is 372 g/mol. The molecule has 1 saturated heterocycles. The third kappa shape index (κ3) is 5.51. The van der Waals surface area contributed by atoms with Gasteiger partial charge in [0, 0.05) is 26.1 Å². The molecule has 1 aliphatic rings. The number of aromatic nitrogens is 2. The summed E-state index contributed by atoms with van der Waals surface area (Å²) in [5, 5.41) is 0. The normalized spacial score (nSPS) is 17.0. The highest BCUT2D eigenvalue weighted by atomic mass is 35.5. The Morgan fingerprint density at radius 2 is 2.04 bits per heavy atom. The number of carbonyl (C=O) groups excluding carboxylic acids is 1. The fourth-order valence-electron chi connectivity index (χ4n) is 2.55. The summed E-state index contributed by atoms with van der Waals surface area (Å²) in [6.07, 6.45) is -2.51. The number of likely N-dealkylation sites (tertiary alicyclic amines) is 1. The summed E-state index contributed by atoms with van der Waals surface area (Å²) >= 11 is 0. The van der Waals surface area contributed by atoms with E-state index in [0.717, 1.165) is 6.20 Å². The zero-order chi connectivity index (χ0) is 16.3. The maximum Gasteiger partial charge on any atom is 0.432 e. The van der Waals surface area contributed by atoms with Crippen LogP contribution in [0.1, 0.15) is 30.3 Å². The molecule has 3 N–H and O–H groups in total. The topological polar surface area (TPSA) is 84.2 Å². The van der Waals surface area contributed by atoms with Crippen molar-refractivity contribution in [3.05, 3.63) is 17.7 Å². The van der Waals surface area contributed by atoms with Gasteiger partial charge in [-0.25, -0.2) is 4.98 Å². The Balaban J connectivity index is 0.00000264. The number of piperidine rings is 1. The first-order valence-corrected chi connectivity index (χ1v) is 6.98. The molecular formula is C13H21Cl2F3N4O2. The van der Waals surface area contributed by atoms with Gasteiger partial charge in [-0.3, -0.25) is 4.79 Å². The molecule has 24 heavy (non-hydrogen) atoms. The molecule has 1 fully saturated rings. The van der Waals surface area contributed by atoms with Crippen LogP contribution in [0.2, 0.25) is 0 Å². The van der Waals surface area contributed by atoms with Gasteiger partial charge in [-0.15, -0.1) is 24.8 Å². The molecule has 1 aliphatic heterocycles. The van der Waals surface area contributed by atoms with Crippen molar-refractivity contribution < 1.29 is 22.7 Å². The molecule has 0 aliphatic carbocycles. The molecule has 0 bridgehead atoms. The van der Waals surface area contributed by atoms with Crippen molar-refractivity contribution in [1.29, 1.82) is 0 Å². The number of aromatic amines is 1. The zero-order valence-corrected chi connectivity index (χ0v) is 14.6. The summed E-state index contributed by atoms with van der Waals surface area (Å²) in [6, 6.07) is -0.706. The van der Waals surface area contributed by atoms with E-state index in [1.807, 2.05) is 0 Å². The first-order chi connectivity index (χ1) is 10.3. The second-order valence-corrected chi connectivity index (χ2v) is 5.34. The minimum Gasteiger partial charge on any atom is -0.383 e. The van der Waals surface area contributed by atoms with E-state index in [4.69, 9.17) is 10.5 Å². The van der Waals surface area contributed by atoms with Crippen molar-refractivity contribution in [1.82, 2.24) is 14.9 Å². The molecule has 1 aromatic rings. The number of nitrogens with zero attached hydrogens (tertiary/aromatic N) is 2. The van der Waals surface area contributed by atoms with Crippen LogP contribution in [0.15, 0.2) is 6.20 Å². The highest BCUT2D eigenvalue weighted by Crippen LogP contribution is 2.31. The number of amides is 1. The van der Waals surface area contributed by atoms with Crippen LogP contribution in [0, 0.1) is 0 Å². The van der Waals surface area contributed by atoms with Gasteiger partial charge in [0.15, 0.2) is 0 Å². The van der Waals surface area contributed by atoms with Crippen LogP contribution < -0.4 is 5.73 Å². The number of imidazole rings is 1. The molecule has 0 aromatic carbocycles. The predicted octanol–water partition coefficient (Wildman–Crippen LogP) is 1.95. The van der Waals surface area contributed by atoms with Crippen LogP contribution in [0.25, 0.3) is 0 Å². The van der Waals surface area contributed by atoms with E-state index in [-0.39, 0.29) is 43.2 Å². The van der Waals surface area contributed by atoms with Crippen LogP contribution in [0.5, 0.6) is 0 Å². The van der Waals surface area contributed by atoms with Gasteiger partial charge in [-0.2, -0.15) is 13.2 Å².